The molecule has 1 N–H and O–H groups in total. The summed E-state index contributed by atoms with van der Waals surface area (Å²) in [6.07, 6.45) is 2.13. The zero-order chi connectivity index (χ0) is 14.0. The molecule has 0 rings (SSSR count). The van der Waals surface area contributed by atoms with Crippen molar-refractivity contribution >= 4 is 5.97 Å². The summed E-state index contributed by atoms with van der Waals surface area (Å²) in [5.74, 6) is -0.217. The minimum atomic E-state index is -0.285. The van der Waals surface area contributed by atoms with Crippen LogP contribution in [0, 0.1) is 0 Å². The van der Waals surface area contributed by atoms with Crippen molar-refractivity contribution in [3.63, 3.8) is 0 Å². The standard InChI is InChI=1S/C13H28N2O3/c1-6-11(7-2)15(8-9-17-4)10-12(14-3)13(16)18-5/h11-12,14H,6-10H2,1-5H3. The van der Waals surface area contributed by atoms with Gasteiger partial charge in [-0.3, -0.25) is 9.69 Å². The average molecular weight is 260 g/mol. The van der Waals surface area contributed by atoms with Crippen LogP contribution in [0.5, 0.6) is 0 Å². The van der Waals surface area contributed by atoms with Gasteiger partial charge in [0.25, 0.3) is 0 Å². The van der Waals surface area contributed by atoms with Crippen molar-refractivity contribution in [2.75, 3.05) is 41.0 Å². The van der Waals surface area contributed by atoms with Gasteiger partial charge in [-0.15, -0.1) is 0 Å². The first kappa shape index (κ1) is 17.4. The second-order valence-electron chi connectivity index (χ2n) is 4.32. The molecule has 0 aliphatic carbocycles. The minimum absolute atomic E-state index is 0.217. The van der Waals surface area contributed by atoms with E-state index in [-0.39, 0.29) is 12.0 Å². The van der Waals surface area contributed by atoms with Crippen LogP contribution in [0.3, 0.4) is 0 Å². The summed E-state index contributed by atoms with van der Waals surface area (Å²) < 4.78 is 9.93. The van der Waals surface area contributed by atoms with Gasteiger partial charge in [0.05, 0.1) is 13.7 Å². The molecular weight excluding hydrogens is 232 g/mol. The van der Waals surface area contributed by atoms with E-state index in [0.717, 1.165) is 19.4 Å². The summed E-state index contributed by atoms with van der Waals surface area (Å²) >= 11 is 0. The van der Waals surface area contributed by atoms with Gasteiger partial charge >= 0.3 is 5.97 Å². The second kappa shape index (κ2) is 10.3. The lowest BCUT2D eigenvalue weighted by atomic mass is 10.1. The molecule has 0 heterocycles. The molecule has 1 unspecified atom stereocenters. The summed E-state index contributed by atoms with van der Waals surface area (Å²) in [6, 6.07) is 0.188. The van der Waals surface area contributed by atoms with E-state index in [1.807, 2.05) is 0 Å². The molecule has 0 radical (unpaired) electrons. The van der Waals surface area contributed by atoms with E-state index in [9.17, 15) is 4.79 Å². The molecule has 0 aromatic carbocycles. The van der Waals surface area contributed by atoms with Crippen LogP contribution in [0.25, 0.3) is 0 Å². The van der Waals surface area contributed by atoms with Crippen LogP contribution >= 0.6 is 0 Å². The van der Waals surface area contributed by atoms with E-state index in [1.54, 1.807) is 14.2 Å². The second-order valence-corrected chi connectivity index (χ2v) is 4.32. The van der Waals surface area contributed by atoms with Gasteiger partial charge in [0.15, 0.2) is 0 Å². The zero-order valence-corrected chi connectivity index (χ0v) is 12.4. The maximum Gasteiger partial charge on any atom is 0.324 e. The van der Waals surface area contributed by atoms with Gasteiger partial charge in [-0.25, -0.2) is 0 Å². The molecule has 108 valence electrons. The highest BCUT2D eigenvalue weighted by atomic mass is 16.5. The first-order chi connectivity index (χ1) is 8.64. The van der Waals surface area contributed by atoms with Crippen LogP contribution in [0.15, 0.2) is 0 Å². The van der Waals surface area contributed by atoms with Crippen molar-refractivity contribution in [2.24, 2.45) is 0 Å². The number of likely N-dealkylation sites (N-methyl/N-ethyl adjacent to an activating group) is 1. The third-order valence-corrected chi connectivity index (χ3v) is 3.29. The van der Waals surface area contributed by atoms with E-state index in [4.69, 9.17) is 9.47 Å². The van der Waals surface area contributed by atoms with Crippen molar-refractivity contribution < 1.29 is 14.3 Å². The van der Waals surface area contributed by atoms with Crippen molar-refractivity contribution in [2.45, 2.75) is 38.8 Å². The first-order valence-corrected chi connectivity index (χ1v) is 6.62. The van der Waals surface area contributed by atoms with Crippen molar-refractivity contribution in [1.82, 2.24) is 10.2 Å². The number of nitrogens with one attached hydrogen (secondary N) is 1. The lowest BCUT2D eigenvalue weighted by Gasteiger charge is -2.32. The Labute approximate surface area is 111 Å². The van der Waals surface area contributed by atoms with E-state index >= 15 is 0 Å². The molecule has 0 saturated carbocycles. The Morgan fingerprint density at radius 1 is 1.28 bits per heavy atom. The molecule has 0 aromatic rings. The number of ether oxygens (including phenoxy) is 2. The molecule has 1 atom stereocenters. The number of hydrogen-bond acceptors (Lipinski definition) is 5. The molecule has 0 bridgehead atoms. The highest BCUT2D eigenvalue weighted by Gasteiger charge is 2.23. The predicted octanol–water partition coefficient (Wildman–Crippen LogP) is 0.884. The Morgan fingerprint density at radius 2 is 1.89 bits per heavy atom. The molecule has 0 aliphatic rings. The van der Waals surface area contributed by atoms with E-state index < -0.39 is 0 Å². The van der Waals surface area contributed by atoms with Crippen molar-refractivity contribution in [3.05, 3.63) is 0 Å². The van der Waals surface area contributed by atoms with Gasteiger partial charge in [-0.05, 0) is 19.9 Å². The fourth-order valence-corrected chi connectivity index (χ4v) is 2.10. The Hall–Kier alpha value is -0.650. The number of rotatable bonds is 10. The van der Waals surface area contributed by atoms with E-state index in [0.29, 0.717) is 19.2 Å². The number of esters is 1. The molecule has 18 heavy (non-hydrogen) atoms. The van der Waals surface area contributed by atoms with Crippen LogP contribution in [-0.2, 0) is 14.3 Å². The monoisotopic (exact) mass is 260 g/mol. The topological polar surface area (TPSA) is 50.8 Å². The van der Waals surface area contributed by atoms with E-state index in [1.165, 1.54) is 7.11 Å². The highest BCUT2D eigenvalue weighted by Crippen LogP contribution is 2.09. The van der Waals surface area contributed by atoms with Crippen LogP contribution in [-0.4, -0.2) is 63.9 Å². The highest BCUT2D eigenvalue weighted by molar-refractivity contribution is 5.75. The SMILES string of the molecule is CCC(CC)N(CCOC)CC(NC)C(=O)OC. The normalized spacial score (nSPS) is 13.1. The maximum atomic E-state index is 11.6. The molecule has 0 aromatic heterocycles. The van der Waals surface area contributed by atoms with Gasteiger partial charge in [0, 0.05) is 26.2 Å². The summed E-state index contributed by atoms with van der Waals surface area (Å²) in [5, 5.41) is 3.01. The summed E-state index contributed by atoms with van der Waals surface area (Å²) in [6.45, 7) is 6.49. The molecule has 5 heteroatoms. The Balaban J connectivity index is 4.57. The number of hydrogen-bond donors (Lipinski definition) is 1. The Kier molecular flexibility index (Phi) is 9.92. The fraction of sp³-hybridized carbons (Fsp3) is 0.923. The molecule has 0 spiro atoms. The summed E-state index contributed by atoms with van der Waals surface area (Å²) in [5.41, 5.74) is 0. The molecule has 0 amide bonds. The Bertz CT molecular complexity index is 220. The van der Waals surface area contributed by atoms with Gasteiger partial charge in [0.1, 0.15) is 6.04 Å². The molecular formula is C13H28N2O3. The number of carbonyl (C=O) groups excluding carboxylic acids is 1. The third-order valence-electron chi connectivity index (χ3n) is 3.29. The summed E-state index contributed by atoms with van der Waals surface area (Å²) in [7, 11) is 4.90. The van der Waals surface area contributed by atoms with Crippen molar-refractivity contribution in [1.29, 1.82) is 0 Å². The summed E-state index contributed by atoms with van der Waals surface area (Å²) in [4.78, 5) is 13.9. The van der Waals surface area contributed by atoms with Crippen LogP contribution in [0.4, 0.5) is 0 Å². The molecule has 0 fully saturated rings. The zero-order valence-electron chi connectivity index (χ0n) is 12.4. The fourth-order valence-electron chi connectivity index (χ4n) is 2.10. The predicted molar refractivity (Wildman–Crippen MR) is 72.7 cm³/mol. The smallest absolute Gasteiger partial charge is 0.324 e. The lowest BCUT2D eigenvalue weighted by molar-refractivity contribution is -0.143. The lowest BCUT2D eigenvalue weighted by Crippen LogP contribution is -2.49. The van der Waals surface area contributed by atoms with Gasteiger partial charge in [-0.1, -0.05) is 13.8 Å². The van der Waals surface area contributed by atoms with Crippen molar-refractivity contribution in [3.8, 4) is 0 Å². The third kappa shape index (κ3) is 5.80. The quantitative estimate of drug-likeness (QED) is 0.591. The molecule has 0 saturated heterocycles. The number of methoxy groups -OCH3 is 2. The Morgan fingerprint density at radius 3 is 2.28 bits per heavy atom. The van der Waals surface area contributed by atoms with Gasteiger partial charge in [-0.2, -0.15) is 0 Å². The van der Waals surface area contributed by atoms with E-state index in [2.05, 4.69) is 24.1 Å². The number of carbonyl (C=O) groups is 1. The number of nitrogens with zero attached hydrogens (tertiary/aromatic N) is 1. The van der Waals surface area contributed by atoms with Crippen LogP contribution < -0.4 is 5.32 Å². The van der Waals surface area contributed by atoms with Crippen LogP contribution in [0.2, 0.25) is 0 Å². The van der Waals surface area contributed by atoms with Gasteiger partial charge in [0.2, 0.25) is 0 Å². The maximum absolute atomic E-state index is 11.6. The minimum Gasteiger partial charge on any atom is -0.468 e. The average Bonchev–Trinajstić information content (AvgIpc) is 2.41. The van der Waals surface area contributed by atoms with Crippen LogP contribution in [0.1, 0.15) is 26.7 Å². The molecule has 5 nitrogen and oxygen atoms in total. The van der Waals surface area contributed by atoms with Gasteiger partial charge < -0.3 is 14.8 Å². The largest absolute Gasteiger partial charge is 0.468 e. The molecule has 0 aliphatic heterocycles. The first-order valence-electron chi connectivity index (χ1n) is 6.62.